The SMILES string of the molecule is Cc1cc(B2OC(C)(C)C(C)(C)O2)c(Br)c2c1CC(COCC(C)(C)[Si](C)C)C2. The molecule has 1 radical (unpaired) electrons. The summed E-state index contributed by atoms with van der Waals surface area (Å²) < 4.78 is 20.0. The maximum atomic E-state index is 6.32. The molecule has 3 rings (SSSR count). The second-order valence-electron chi connectivity index (χ2n) is 10.8. The van der Waals surface area contributed by atoms with E-state index in [0.717, 1.165) is 36.0 Å². The Labute approximate surface area is 188 Å². The number of hydrogen-bond donors (Lipinski definition) is 0. The second-order valence-corrected chi connectivity index (χ2v) is 15.0. The summed E-state index contributed by atoms with van der Waals surface area (Å²) in [6.07, 6.45) is 2.15. The molecule has 0 N–H and O–H groups in total. The largest absolute Gasteiger partial charge is 0.496 e. The standard InChI is InChI=1S/C23H37BBrO3Si/c1-15-10-19(24-27-22(4,5)23(6,7)28-24)20(25)18-12-16(11-17(15)18)13-26-14-21(2,3)29(8)9/h10,16H,11-14H2,1-9H3. The minimum Gasteiger partial charge on any atom is -0.399 e. The first-order valence-corrected chi connectivity index (χ1v) is 14.1. The molecule has 2 aliphatic rings. The van der Waals surface area contributed by atoms with Gasteiger partial charge in [-0.3, -0.25) is 0 Å². The third kappa shape index (κ3) is 4.57. The lowest BCUT2D eigenvalue weighted by molar-refractivity contribution is 0.00578. The molecule has 29 heavy (non-hydrogen) atoms. The number of aryl methyl sites for hydroxylation is 1. The predicted molar refractivity (Wildman–Crippen MR) is 128 cm³/mol. The molecule has 1 fully saturated rings. The van der Waals surface area contributed by atoms with Gasteiger partial charge in [0, 0.05) is 11.1 Å². The minimum absolute atomic E-state index is 0.316. The van der Waals surface area contributed by atoms with Crippen LogP contribution in [0.15, 0.2) is 10.5 Å². The van der Waals surface area contributed by atoms with Gasteiger partial charge in [-0.15, -0.1) is 0 Å². The van der Waals surface area contributed by atoms with E-state index in [1.165, 1.54) is 16.7 Å². The smallest absolute Gasteiger partial charge is 0.399 e. The Hall–Kier alpha value is -0.138. The Kier molecular flexibility index (Phi) is 6.56. The number of fused-ring (bicyclic) bond motifs is 1. The Bertz CT molecular complexity index is 760. The molecule has 0 bridgehead atoms. The van der Waals surface area contributed by atoms with Crippen LogP contribution in [0.25, 0.3) is 0 Å². The molecule has 1 unspecified atom stereocenters. The monoisotopic (exact) mass is 479 g/mol. The van der Waals surface area contributed by atoms with Crippen molar-refractivity contribution >= 4 is 37.3 Å². The van der Waals surface area contributed by atoms with Crippen LogP contribution in [0.2, 0.25) is 18.1 Å². The number of halogens is 1. The Morgan fingerprint density at radius 2 is 1.69 bits per heavy atom. The van der Waals surface area contributed by atoms with E-state index in [-0.39, 0.29) is 27.1 Å². The van der Waals surface area contributed by atoms with Crippen molar-refractivity contribution in [3.8, 4) is 0 Å². The van der Waals surface area contributed by atoms with E-state index in [1.54, 1.807) is 0 Å². The van der Waals surface area contributed by atoms with Gasteiger partial charge in [-0.1, -0.05) is 48.9 Å². The fourth-order valence-corrected chi connectivity index (χ4v) is 5.05. The molecule has 6 heteroatoms. The quantitative estimate of drug-likeness (QED) is 0.516. The molecule has 161 valence electrons. The van der Waals surface area contributed by atoms with Crippen molar-refractivity contribution in [2.75, 3.05) is 13.2 Å². The van der Waals surface area contributed by atoms with Crippen LogP contribution in [0.4, 0.5) is 0 Å². The first-order chi connectivity index (χ1) is 13.2. The molecule has 3 nitrogen and oxygen atoms in total. The van der Waals surface area contributed by atoms with Crippen molar-refractivity contribution < 1.29 is 14.0 Å². The molecule has 0 spiro atoms. The van der Waals surface area contributed by atoms with Crippen LogP contribution in [0, 0.1) is 12.8 Å². The fraction of sp³-hybridized carbons (Fsp3) is 0.739. The van der Waals surface area contributed by atoms with Gasteiger partial charge in [-0.05, 0) is 80.6 Å². The summed E-state index contributed by atoms with van der Waals surface area (Å²) in [5.41, 5.74) is 4.69. The number of ether oxygens (including phenoxy) is 1. The topological polar surface area (TPSA) is 27.7 Å². The first-order valence-electron chi connectivity index (χ1n) is 10.8. The summed E-state index contributed by atoms with van der Waals surface area (Å²) >= 11 is 3.90. The molecule has 1 aliphatic carbocycles. The number of benzene rings is 1. The van der Waals surface area contributed by atoms with Gasteiger partial charge in [0.2, 0.25) is 0 Å². The molecular weight excluding hydrogens is 443 g/mol. The van der Waals surface area contributed by atoms with E-state index in [0.29, 0.717) is 11.0 Å². The summed E-state index contributed by atoms with van der Waals surface area (Å²) in [7, 11) is -0.696. The predicted octanol–water partition coefficient (Wildman–Crippen LogP) is 5.32. The highest BCUT2D eigenvalue weighted by Crippen LogP contribution is 2.39. The number of rotatable bonds is 6. The van der Waals surface area contributed by atoms with Gasteiger partial charge >= 0.3 is 7.12 Å². The summed E-state index contributed by atoms with van der Waals surface area (Å²) in [5.74, 6) is 0.550. The molecule has 1 aliphatic heterocycles. The van der Waals surface area contributed by atoms with Gasteiger partial charge in [0.15, 0.2) is 0 Å². The van der Waals surface area contributed by atoms with Crippen LogP contribution >= 0.6 is 15.9 Å². The molecule has 1 saturated heterocycles. The fourth-order valence-electron chi connectivity index (χ4n) is 3.96. The summed E-state index contributed by atoms with van der Waals surface area (Å²) in [5, 5.41) is 0.316. The molecule has 1 heterocycles. The van der Waals surface area contributed by atoms with Crippen molar-refractivity contribution in [3.05, 3.63) is 27.2 Å². The van der Waals surface area contributed by atoms with E-state index >= 15 is 0 Å². The van der Waals surface area contributed by atoms with Gasteiger partial charge < -0.3 is 14.0 Å². The zero-order valence-corrected chi connectivity index (χ0v) is 22.2. The van der Waals surface area contributed by atoms with E-state index in [4.69, 9.17) is 14.0 Å². The van der Waals surface area contributed by atoms with Crippen LogP contribution < -0.4 is 5.46 Å². The number of hydrogen-bond acceptors (Lipinski definition) is 3. The van der Waals surface area contributed by atoms with Gasteiger partial charge in [0.05, 0.1) is 26.6 Å². The van der Waals surface area contributed by atoms with Crippen LogP contribution in [0.5, 0.6) is 0 Å². The lowest BCUT2D eigenvalue weighted by atomic mass is 9.76. The highest BCUT2D eigenvalue weighted by molar-refractivity contribution is 9.10. The molecule has 0 saturated carbocycles. The lowest BCUT2D eigenvalue weighted by Crippen LogP contribution is -2.41. The molecule has 1 aromatic carbocycles. The molecule has 1 aromatic rings. The Morgan fingerprint density at radius 1 is 1.14 bits per heavy atom. The molecule has 0 aromatic heterocycles. The Morgan fingerprint density at radius 3 is 2.24 bits per heavy atom. The minimum atomic E-state index is -0.367. The third-order valence-corrected chi connectivity index (χ3v) is 11.2. The van der Waals surface area contributed by atoms with E-state index in [9.17, 15) is 0 Å². The van der Waals surface area contributed by atoms with Crippen molar-refractivity contribution in [2.45, 2.75) is 90.6 Å². The van der Waals surface area contributed by atoms with E-state index in [1.807, 2.05) is 0 Å². The average Bonchev–Trinajstić information content (AvgIpc) is 3.10. The normalized spacial score (nSPS) is 23.1. The summed E-state index contributed by atoms with van der Waals surface area (Å²) in [4.78, 5) is 0. The molecular formula is C23H37BBrO3Si. The average molecular weight is 480 g/mol. The van der Waals surface area contributed by atoms with Gasteiger partial charge in [-0.25, -0.2) is 0 Å². The van der Waals surface area contributed by atoms with Crippen molar-refractivity contribution in [1.29, 1.82) is 0 Å². The molecule has 0 amide bonds. The highest BCUT2D eigenvalue weighted by Gasteiger charge is 2.52. The molecule has 1 atom stereocenters. The summed E-state index contributed by atoms with van der Waals surface area (Å²) in [6, 6.07) is 2.25. The first kappa shape index (κ1) is 23.5. The highest BCUT2D eigenvalue weighted by atomic mass is 79.9. The van der Waals surface area contributed by atoms with Gasteiger partial charge in [-0.2, -0.15) is 0 Å². The third-order valence-electron chi connectivity index (χ3n) is 7.39. The van der Waals surface area contributed by atoms with Crippen LogP contribution in [-0.4, -0.2) is 40.3 Å². The second kappa shape index (κ2) is 8.09. The van der Waals surface area contributed by atoms with Gasteiger partial charge in [0.1, 0.15) is 0 Å². The lowest BCUT2D eigenvalue weighted by Gasteiger charge is -2.32. The van der Waals surface area contributed by atoms with Crippen molar-refractivity contribution in [3.63, 3.8) is 0 Å². The zero-order chi connectivity index (χ0) is 21.8. The Balaban J connectivity index is 1.73. The van der Waals surface area contributed by atoms with E-state index in [2.05, 4.69) is 83.6 Å². The van der Waals surface area contributed by atoms with Gasteiger partial charge in [0.25, 0.3) is 0 Å². The van der Waals surface area contributed by atoms with Crippen molar-refractivity contribution in [1.82, 2.24) is 0 Å². The zero-order valence-electron chi connectivity index (χ0n) is 19.7. The van der Waals surface area contributed by atoms with Crippen molar-refractivity contribution in [2.24, 2.45) is 5.92 Å². The van der Waals surface area contributed by atoms with Crippen LogP contribution in [-0.2, 0) is 26.9 Å². The maximum Gasteiger partial charge on any atom is 0.496 e. The van der Waals surface area contributed by atoms with E-state index < -0.39 is 0 Å². The van der Waals surface area contributed by atoms with Crippen LogP contribution in [0.3, 0.4) is 0 Å². The van der Waals surface area contributed by atoms with Crippen LogP contribution in [0.1, 0.15) is 58.2 Å². The summed E-state index contributed by atoms with van der Waals surface area (Å²) in [6.45, 7) is 21.8. The maximum absolute atomic E-state index is 6.32.